The second-order valence-corrected chi connectivity index (χ2v) is 8.96. The normalized spacial score (nSPS) is 12.1. The van der Waals surface area contributed by atoms with Crippen LogP contribution in [0.15, 0.2) is 91.0 Å². The number of benzene rings is 3. The van der Waals surface area contributed by atoms with Gasteiger partial charge in [0.25, 0.3) is 0 Å². The summed E-state index contributed by atoms with van der Waals surface area (Å²) in [5, 5.41) is 9.38. The molecule has 1 aromatic heterocycles. The lowest BCUT2D eigenvalue weighted by molar-refractivity contribution is -0.142. The van der Waals surface area contributed by atoms with Crippen LogP contribution in [-0.2, 0) is 38.4 Å². The molecule has 0 aliphatic carbocycles. The van der Waals surface area contributed by atoms with Gasteiger partial charge in [-0.2, -0.15) is 15.0 Å². The van der Waals surface area contributed by atoms with Crippen LogP contribution in [0.25, 0.3) is 0 Å². The minimum atomic E-state index is -0.759. The van der Waals surface area contributed by atoms with Gasteiger partial charge in [0.1, 0.15) is 12.1 Å². The molecule has 0 unspecified atom stereocenters. The molecule has 1 heterocycles. The van der Waals surface area contributed by atoms with Gasteiger partial charge in [-0.1, -0.05) is 91.0 Å². The van der Waals surface area contributed by atoms with Crippen molar-refractivity contribution < 1.29 is 19.1 Å². The Kier molecular flexibility index (Phi) is 9.98. The Morgan fingerprint density at radius 1 is 0.600 bits per heavy atom. The standard InChI is InChI=1S/C30H32N6O4/c1-39-26(37)24(18-21-12-6-3-7-13-21)32-29-34-28(31-20-23-16-10-5-11-17-23)35-30(36-29)33-25(27(38)40-2)19-22-14-8-4-9-15-22/h3-17,24-25H,18-20H2,1-2H3,(H3,31,32,33,34,35,36)/t24-,25-/m0/s1. The number of hydrogen-bond acceptors (Lipinski definition) is 10. The lowest BCUT2D eigenvalue weighted by atomic mass is 10.1. The van der Waals surface area contributed by atoms with Gasteiger partial charge in [0.05, 0.1) is 14.2 Å². The molecular formula is C30H32N6O4. The minimum Gasteiger partial charge on any atom is -0.467 e. The van der Waals surface area contributed by atoms with Crippen molar-refractivity contribution in [3.05, 3.63) is 108 Å². The third kappa shape index (κ3) is 8.26. The quantitative estimate of drug-likeness (QED) is 0.215. The molecule has 0 aliphatic rings. The number of hydrogen-bond donors (Lipinski definition) is 3. The highest BCUT2D eigenvalue weighted by Crippen LogP contribution is 2.16. The maximum Gasteiger partial charge on any atom is 0.328 e. The van der Waals surface area contributed by atoms with Crippen LogP contribution in [0.5, 0.6) is 0 Å². The Bertz CT molecular complexity index is 1290. The number of esters is 2. The second kappa shape index (κ2) is 14.2. The molecule has 3 N–H and O–H groups in total. The van der Waals surface area contributed by atoms with Gasteiger partial charge >= 0.3 is 11.9 Å². The number of nitrogens with one attached hydrogen (secondary N) is 3. The van der Waals surface area contributed by atoms with Crippen LogP contribution in [0.4, 0.5) is 17.8 Å². The van der Waals surface area contributed by atoms with E-state index in [4.69, 9.17) is 9.47 Å². The summed E-state index contributed by atoms with van der Waals surface area (Å²) in [5.41, 5.74) is 2.91. The number of aromatic nitrogens is 3. The molecule has 0 aliphatic heterocycles. The molecule has 4 rings (SSSR count). The maximum atomic E-state index is 12.7. The Morgan fingerprint density at radius 3 is 1.38 bits per heavy atom. The molecule has 10 heteroatoms. The molecule has 40 heavy (non-hydrogen) atoms. The van der Waals surface area contributed by atoms with E-state index >= 15 is 0 Å². The van der Waals surface area contributed by atoms with Crippen molar-refractivity contribution in [3.8, 4) is 0 Å². The van der Waals surface area contributed by atoms with Crippen molar-refractivity contribution in [2.45, 2.75) is 31.5 Å². The van der Waals surface area contributed by atoms with E-state index in [2.05, 4.69) is 30.9 Å². The first-order chi connectivity index (χ1) is 19.5. The van der Waals surface area contributed by atoms with E-state index in [-0.39, 0.29) is 17.8 Å². The fourth-order valence-electron chi connectivity index (χ4n) is 4.04. The van der Waals surface area contributed by atoms with E-state index in [1.54, 1.807) is 0 Å². The van der Waals surface area contributed by atoms with Crippen LogP contribution >= 0.6 is 0 Å². The Morgan fingerprint density at radius 2 is 0.975 bits per heavy atom. The van der Waals surface area contributed by atoms with Crippen molar-refractivity contribution in [1.29, 1.82) is 0 Å². The molecule has 0 saturated carbocycles. The van der Waals surface area contributed by atoms with Gasteiger partial charge in [-0.25, -0.2) is 9.59 Å². The van der Waals surface area contributed by atoms with Gasteiger partial charge in [0.15, 0.2) is 0 Å². The molecule has 10 nitrogen and oxygen atoms in total. The van der Waals surface area contributed by atoms with Crippen LogP contribution in [-0.4, -0.2) is 53.2 Å². The monoisotopic (exact) mass is 540 g/mol. The molecule has 3 aromatic carbocycles. The molecule has 0 saturated heterocycles. The number of carbonyl (C=O) groups excluding carboxylic acids is 2. The zero-order valence-electron chi connectivity index (χ0n) is 22.4. The van der Waals surface area contributed by atoms with Crippen LogP contribution in [0.1, 0.15) is 16.7 Å². The Labute approximate surface area is 233 Å². The van der Waals surface area contributed by atoms with Crippen LogP contribution in [0.2, 0.25) is 0 Å². The van der Waals surface area contributed by atoms with Gasteiger partial charge in [0, 0.05) is 19.4 Å². The SMILES string of the molecule is COC(=O)[C@H](Cc1ccccc1)Nc1nc(NCc2ccccc2)nc(N[C@@H](Cc2ccccc2)C(=O)OC)n1. The Balaban J connectivity index is 1.62. The van der Waals surface area contributed by atoms with E-state index in [9.17, 15) is 9.59 Å². The minimum absolute atomic E-state index is 0.141. The van der Waals surface area contributed by atoms with Crippen LogP contribution in [0, 0.1) is 0 Å². The largest absolute Gasteiger partial charge is 0.467 e. The molecular weight excluding hydrogens is 508 g/mol. The van der Waals surface area contributed by atoms with Crippen molar-refractivity contribution in [3.63, 3.8) is 0 Å². The summed E-state index contributed by atoms with van der Waals surface area (Å²) in [7, 11) is 2.67. The third-order valence-corrected chi connectivity index (χ3v) is 6.07. The lowest BCUT2D eigenvalue weighted by Crippen LogP contribution is -2.35. The molecule has 0 amide bonds. The fourth-order valence-corrected chi connectivity index (χ4v) is 4.04. The fraction of sp³-hybridized carbons (Fsp3) is 0.233. The molecule has 0 fully saturated rings. The number of anilines is 3. The van der Waals surface area contributed by atoms with E-state index in [1.165, 1.54) is 14.2 Å². The molecule has 0 radical (unpaired) electrons. The van der Waals surface area contributed by atoms with E-state index in [0.29, 0.717) is 19.4 Å². The number of rotatable bonds is 13. The molecule has 0 spiro atoms. The molecule has 0 bridgehead atoms. The van der Waals surface area contributed by atoms with Crippen molar-refractivity contribution >= 4 is 29.8 Å². The van der Waals surface area contributed by atoms with Crippen molar-refractivity contribution in [2.75, 3.05) is 30.2 Å². The first-order valence-corrected chi connectivity index (χ1v) is 12.8. The van der Waals surface area contributed by atoms with Crippen molar-refractivity contribution in [2.24, 2.45) is 0 Å². The summed E-state index contributed by atoms with van der Waals surface area (Å²) in [6.07, 6.45) is 0.709. The zero-order chi connectivity index (χ0) is 28.2. The second-order valence-electron chi connectivity index (χ2n) is 8.96. The summed E-state index contributed by atoms with van der Waals surface area (Å²) in [5.74, 6) is -0.385. The van der Waals surface area contributed by atoms with E-state index in [0.717, 1.165) is 16.7 Å². The first-order valence-electron chi connectivity index (χ1n) is 12.8. The summed E-state index contributed by atoms with van der Waals surface area (Å²) in [4.78, 5) is 38.8. The van der Waals surface area contributed by atoms with Gasteiger partial charge in [-0.05, 0) is 16.7 Å². The number of carbonyl (C=O) groups is 2. The summed E-state index contributed by atoms with van der Waals surface area (Å²) >= 11 is 0. The molecule has 2 atom stereocenters. The van der Waals surface area contributed by atoms with Gasteiger partial charge in [-0.15, -0.1) is 0 Å². The van der Waals surface area contributed by atoms with Gasteiger partial charge in [0.2, 0.25) is 17.8 Å². The first kappa shape index (κ1) is 28.0. The van der Waals surface area contributed by atoms with E-state index < -0.39 is 24.0 Å². The summed E-state index contributed by atoms with van der Waals surface area (Å²) in [6.45, 7) is 0.457. The average molecular weight is 541 g/mol. The topological polar surface area (TPSA) is 127 Å². The van der Waals surface area contributed by atoms with E-state index in [1.807, 2.05) is 91.0 Å². The number of nitrogens with zero attached hydrogens (tertiary/aromatic N) is 3. The maximum absolute atomic E-state index is 12.7. The zero-order valence-corrected chi connectivity index (χ0v) is 22.4. The summed E-state index contributed by atoms with van der Waals surface area (Å²) in [6, 6.07) is 27.4. The molecule has 4 aromatic rings. The van der Waals surface area contributed by atoms with Gasteiger partial charge < -0.3 is 25.4 Å². The van der Waals surface area contributed by atoms with Crippen LogP contribution < -0.4 is 16.0 Å². The molecule has 206 valence electrons. The highest BCUT2D eigenvalue weighted by atomic mass is 16.5. The smallest absolute Gasteiger partial charge is 0.328 e. The summed E-state index contributed by atoms with van der Waals surface area (Å²) < 4.78 is 10.1. The number of methoxy groups -OCH3 is 2. The van der Waals surface area contributed by atoms with Gasteiger partial charge in [-0.3, -0.25) is 0 Å². The Hall–Kier alpha value is -4.99. The van der Waals surface area contributed by atoms with Crippen molar-refractivity contribution in [1.82, 2.24) is 15.0 Å². The predicted molar refractivity (Wildman–Crippen MR) is 153 cm³/mol. The number of ether oxygens (including phenoxy) is 2. The third-order valence-electron chi connectivity index (χ3n) is 6.07. The highest BCUT2D eigenvalue weighted by molar-refractivity contribution is 5.80. The van der Waals surface area contributed by atoms with Crippen LogP contribution in [0.3, 0.4) is 0 Å². The average Bonchev–Trinajstić information content (AvgIpc) is 3.00. The lowest BCUT2D eigenvalue weighted by Gasteiger charge is -2.20. The predicted octanol–water partition coefficient (Wildman–Crippen LogP) is 3.88. The highest BCUT2D eigenvalue weighted by Gasteiger charge is 2.24.